The monoisotopic (exact) mass is 416 g/mol. The average molecular weight is 417 g/mol. The van der Waals surface area contributed by atoms with E-state index in [2.05, 4.69) is 5.32 Å². The van der Waals surface area contributed by atoms with Crippen LogP contribution in [0.5, 0.6) is 5.75 Å². The van der Waals surface area contributed by atoms with Crippen molar-refractivity contribution in [1.29, 1.82) is 0 Å². The number of hydrogen-bond acceptors (Lipinski definition) is 4. The maximum Gasteiger partial charge on any atom is 0.241 e. The Labute approximate surface area is 172 Å². The molecule has 3 rings (SSSR count). The van der Waals surface area contributed by atoms with E-state index in [4.69, 9.17) is 4.74 Å². The molecule has 0 saturated carbocycles. The molecule has 0 aliphatic carbocycles. The number of ether oxygens (including phenoxy) is 1. The third kappa shape index (κ3) is 5.09. The molecular formula is C22H28N2O4S. The summed E-state index contributed by atoms with van der Waals surface area (Å²) in [7, 11) is -3.62. The van der Waals surface area contributed by atoms with Crippen LogP contribution in [0.15, 0.2) is 42.5 Å². The first-order valence-electron chi connectivity index (χ1n) is 9.58. The van der Waals surface area contributed by atoms with E-state index in [9.17, 15) is 13.2 Å². The van der Waals surface area contributed by atoms with Gasteiger partial charge < -0.3 is 10.1 Å². The Balaban J connectivity index is 1.84. The summed E-state index contributed by atoms with van der Waals surface area (Å²) in [5.41, 5.74) is 2.84. The number of hydrogen-bond donors (Lipinski definition) is 1. The molecule has 1 N–H and O–H groups in total. The van der Waals surface area contributed by atoms with Crippen LogP contribution in [0.4, 0.5) is 5.69 Å². The van der Waals surface area contributed by atoms with E-state index in [1.807, 2.05) is 58.0 Å². The Bertz CT molecular complexity index is 1010. The summed E-state index contributed by atoms with van der Waals surface area (Å²) in [6.07, 6.45) is 1.71. The molecule has 0 fully saturated rings. The Morgan fingerprint density at radius 2 is 1.79 bits per heavy atom. The van der Waals surface area contributed by atoms with Gasteiger partial charge >= 0.3 is 0 Å². The zero-order valence-electron chi connectivity index (χ0n) is 17.5. The van der Waals surface area contributed by atoms with E-state index >= 15 is 0 Å². The number of amides is 1. The van der Waals surface area contributed by atoms with Crippen LogP contribution >= 0.6 is 0 Å². The Hall–Kier alpha value is -2.54. The highest BCUT2D eigenvalue weighted by molar-refractivity contribution is 7.92. The van der Waals surface area contributed by atoms with Gasteiger partial charge in [-0.15, -0.1) is 0 Å². The summed E-state index contributed by atoms with van der Waals surface area (Å²) >= 11 is 0. The van der Waals surface area contributed by atoms with Crippen LogP contribution in [-0.4, -0.2) is 32.7 Å². The summed E-state index contributed by atoms with van der Waals surface area (Å²) in [6.45, 7) is 7.47. The first kappa shape index (κ1) is 21.2. The fourth-order valence-electron chi connectivity index (χ4n) is 3.80. The van der Waals surface area contributed by atoms with Gasteiger partial charge in [-0.3, -0.25) is 9.10 Å². The molecule has 0 unspecified atom stereocenters. The van der Waals surface area contributed by atoms with Crippen LogP contribution in [-0.2, 0) is 14.8 Å². The fourth-order valence-corrected chi connectivity index (χ4v) is 4.64. The van der Waals surface area contributed by atoms with Gasteiger partial charge in [-0.1, -0.05) is 24.3 Å². The number of anilines is 1. The highest BCUT2D eigenvalue weighted by atomic mass is 32.2. The minimum Gasteiger partial charge on any atom is -0.487 e. The summed E-state index contributed by atoms with van der Waals surface area (Å²) in [6, 6.07) is 12.9. The smallest absolute Gasteiger partial charge is 0.241 e. The van der Waals surface area contributed by atoms with E-state index in [0.29, 0.717) is 12.1 Å². The van der Waals surface area contributed by atoms with Gasteiger partial charge in [0.2, 0.25) is 15.9 Å². The standard InChI is InChI=1S/C22H28N2O4S/c1-15-10-16(2)12-17(11-15)24(29(5,26)27)14-21(25)23-19-13-22(3,4)28-20-9-7-6-8-18(19)20/h6-12,19H,13-14H2,1-5H3,(H,23,25)/t19-/m1/s1. The lowest BCUT2D eigenvalue weighted by Gasteiger charge is -2.38. The van der Waals surface area contributed by atoms with Crippen molar-refractivity contribution in [2.45, 2.75) is 45.8 Å². The molecule has 156 valence electrons. The third-order valence-electron chi connectivity index (χ3n) is 4.89. The van der Waals surface area contributed by atoms with Gasteiger partial charge in [0.25, 0.3) is 0 Å². The van der Waals surface area contributed by atoms with E-state index in [-0.39, 0.29) is 18.5 Å². The lowest BCUT2D eigenvalue weighted by molar-refractivity contribution is -0.120. The number of aryl methyl sites for hydroxylation is 2. The van der Waals surface area contributed by atoms with Crippen molar-refractivity contribution in [1.82, 2.24) is 5.32 Å². The maximum absolute atomic E-state index is 12.9. The predicted octanol–water partition coefficient (Wildman–Crippen LogP) is 3.49. The van der Waals surface area contributed by atoms with Crippen LogP contribution in [0, 0.1) is 13.8 Å². The van der Waals surface area contributed by atoms with Gasteiger partial charge in [0.1, 0.15) is 17.9 Å². The first-order chi connectivity index (χ1) is 13.4. The van der Waals surface area contributed by atoms with Gasteiger partial charge in [0, 0.05) is 12.0 Å². The number of carbonyl (C=O) groups is 1. The Kier molecular flexibility index (Phi) is 5.63. The van der Waals surface area contributed by atoms with Crippen molar-refractivity contribution >= 4 is 21.6 Å². The molecule has 7 heteroatoms. The molecule has 0 spiro atoms. The van der Waals surface area contributed by atoms with Gasteiger partial charge in [-0.2, -0.15) is 0 Å². The lowest BCUT2D eigenvalue weighted by Crippen LogP contribution is -2.45. The van der Waals surface area contributed by atoms with Crippen LogP contribution in [0.2, 0.25) is 0 Å². The molecule has 2 aromatic rings. The minimum absolute atomic E-state index is 0.247. The van der Waals surface area contributed by atoms with Crippen molar-refractivity contribution < 1.29 is 17.9 Å². The topological polar surface area (TPSA) is 75.7 Å². The van der Waals surface area contributed by atoms with Crippen molar-refractivity contribution in [3.05, 3.63) is 59.2 Å². The second-order valence-corrected chi connectivity index (χ2v) is 10.2. The third-order valence-corrected chi connectivity index (χ3v) is 6.03. The molecule has 6 nitrogen and oxygen atoms in total. The number of fused-ring (bicyclic) bond motifs is 1. The highest BCUT2D eigenvalue weighted by Crippen LogP contribution is 2.39. The fraction of sp³-hybridized carbons (Fsp3) is 0.409. The Morgan fingerprint density at radius 3 is 2.41 bits per heavy atom. The van der Waals surface area contributed by atoms with Gasteiger partial charge in [-0.05, 0) is 57.0 Å². The average Bonchev–Trinajstić information content (AvgIpc) is 2.56. The SMILES string of the molecule is Cc1cc(C)cc(N(CC(=O)N[C@@H]2CC(C)(C)Oc3ccccc32)S(C)(=O)=O)c1. The number of nitrogens with zero attached hydrogens (tertiary/aromatic N) is 1. The molecule has 1 aliphatic heterocycles. The van der Waals surface area contributed by atoms with Crippen molar-refractivity contribution in [3.63, 3.8) is 0 Å². The number of rotatable bonds is 5. The van der Waals surface area contributed by atoms with Gasteiger partial charge in [0.05, 0.1) is 18.0 Å². The molecular weight excluding hydrogens is 388 g/mol. The second kappa shape index (κ2) is 7.71. The Morgan fingerprint density at radius 1 is 1.17 bits per heavy atom. The molecule has 0 bridgehead atoms. The molecule has 1 aliphatic rings. The van der Waals surface area contributed by atoms with Crippen molar-refractivity contribution in [2.75, 3.05) is 17.1 Å². The lowest BCUT2D eigenvalue weighted by atomic mass is 9.89. The molecule has 0 saturated heterocycles. The number of carbonyl (C=O) groups excluding carboxylic acids is 1. The van der Waals surface area contributed by atoms with Crippen LogP contribution in [0.1, 0.15) is 43.0 Å². The number of benzene rings is 2. The number of para-hydroxylation sites is 1. The zero-order chi connectivity index (χ0) is 21.4. The number of nitrogens with one attached hydrogen (secondary N) is 1. The molecule has 1 amide bonds. The largest absolute Gasteiger partial charge is 0.487 e. The first-order valence-corrected chi connectivity index (χ1v) is 11.4. The van der Waals surface area contributed by atoms with Gasteiger partial charge in [-0.25, -0.2) is 8.42 Å². The highest BCUT2D eigenvalue weighted by Gasteiger charge is 2.34. The van der Waals surface area contributed by atoms with E-state index in [1.54, 1.807) is 12.1 Å². The van der Waals surface area contributed by atoms with Crippen molar-refractivity contribution in [2.24, 2.45) is 0 Å². The quantitative estimate of drug-likeness (QED) is 0.810. The molecule has 1 atom stereocenters. The molecule has 0 aromatic heterocycles. The maximum atomic E-state index is 12.9. The molecule has 2 aromatic carbocycles. The number of sulfonamides is 1. The van der Waals surface area contributed by atoms with Crippen LogP contribution in [0.3, 0.4) is 0 Å². The van der Waals surface area contributed by atoms with E-state index in [0.717, 1.165) is 33.0 Å². The predicted molar refractivity (Wildman–Crippen MR) is 115 cm³/mol. The van der Waals surface area contributed by atoms with Crippen molar-refractivity contribution in [3.8, 4) is 5.75 Å². The summed E-state index contributed by atoms with van der Waals surface area (Å²) in [4.78, 5) is 12.9. The minimum atomic E-state index is -3.62. The van der Waals surface area contributed by atoms with Crippen LogP contribution < -0.4 is 14.4 Å². The molecule has 1 heterocycles. The molecule has 0 radical (unpaired) electrons. The second-order valence-electron chi connectivity index (χ2n) is 8.34. The van der Waals surface area contributed by atoms with E-state index in [1.165, 1.54) is 0 Å². The zero-order valence-corrected chi connectivity index (χ0v) is 18.3. The summed E-state index contributed by atoms with van der Waals surface area (Å²) in [5, 5.41) is 3.01. The summed E-state index contributed by atoms with van der Waals surface area (Å²) in [5.74, 6) is 0.385. The van der Waals surface area contributed by atoms with Crippen LogP contribution in [0.25, 0.3) is 0 Å². The normalized spacial score (nSPS) is 17.8. The van der Waals surface area contributed by atoms with E-state index < -0.39 is 15.6 Å². The van der Waals surface area contributed by atoms with Gasteiger partial charge in [0.15, 0.2) is 0 Å². The molecule has 29 heavy (non-hydrogen) atoms. The summed E-state index contributed by atoms with van der Waals surface area (Å²) < 4.78 is 32.0.